The number of rotatable bonds is 12. The molecule has 130 valence electrons. The van der Waals surface area contributed by atoms with Crippen molar-refractivity contribution in [2.75, 3.05) is 12.3 Å². The van der Waals surface area contributed by atoms with Crippen molar-refractivity contribution in [3.05, 3.63) is 35.9 Å². The van der Waals surface area contributed by atoms with Crippen LogP contribution in [0.1, 0.15) is 70.8 Å². The van der Waals surface area contributed by atoms with E-state index in [9.17, 15) is 0 Å². The van der Waals surface area contributed by atoms with Gasteiger partial charge in [-0.1, -0.05) is 113 Å². The summed E-state index contributed by atoms with van der Waals surface area (Å²) in [6, 6.07) is 10.7. The second-order valence-corrected chi connectivity index (χ2v) is 7.98. The molecule has 0 amide bonds. The maximum atomic E-state index is 5.61. The smallest absolute Gasteiger partial charge is 0.136 e. The molecule has 0 heterocycles. The standard InChI is InChI=1S/C20H33NS2/c1-3-5-6-7-8-9-10-14-17-21(20(22)23-4-2)18-19-15-12-11-13-16-19/h11-13,15-16H,3-10,14,17-18H2,1-2H3. The zero-order chi connectivity index (χ0) is 16.8. The first-order valence-corrected chi connectivity index (χ1v) is 10.6. The minimum Gasteiger partial charge on any atom is -0.353 e. The third-order valence-corrected chi connectivity index (χ3v) is 5.43. The van der Waals surface area contributed by atoms with Crippen molar-refractivity contribution >= 4 is 28.3 Å². The first-order valence-electron chi connectivity index (χ1n) is 9.23. The molecular formula is C20H33NS2. The van der Waals surface area contributed by atoms with Gasteiger partial charge in [0, 0.05) is 13.1 Å². The number of hydrogen-bond acceptors (Lipinski definition) is 2. The molecule has 23 heavy (non-hydrogen) atoms. The summed E-state index contributed by atoms with van der Waals surface area (Å²) in [6.07, 6.45) is 10.9. The van der Waals surface area contributed by atoms with Crippen LogP contribution in [0.4, 0.5) is 0 Å². The molecule has 0 unspecified atom stereocenters. The minimum atomic E-state index is 0.948. The molecule has 1 aromatic carbocycles. The van der Waals surface area contributed by atoms with Crippen molar-refractivity contribution in [3.8, 4) is 0 Å². The van der Waals surface area contributed by atoms with E-state index in [4.69, 9.17) is 12.2 Å². The molecule has 0 saturated heterocycles. The quantitative estimate of drug-likeness (QED) is 0.306. The minimum absolute atomic E-state index is 0.948. The molecule has 0 aliphatic carbocycles. The first-order chi connectivity index (χ1) is 11.3. The molecule has 3 heteroatoms. The van der Waals surface area contributed by atoms with Gasteiger partial charge in [0.05, 0.1) is 0 Å². The predicted molar refractivity (Wildman–Crippen MR) is 110 cm³/mol. The van der Waals surface area contributed by atoms with Gasteiger partial charge in [-0.05, 0) is 17.7 Å². The molecular weight excluding hydrogens is 318 g/mol. The summed E-state index contributed by atoms with van der Waals surface area (Å²) in [6.45, 7) is 6.49. The maximum Gasteiger partial charge on any atom is 0.136 e. The Bertz CT molecular complexity index is 405. The third-order valence-electron chi connectivity index (χ3n) is 4.02. The van der Waals surface area contributed by atoms with Crippen LogP contribution in [0.15, 0.2) is 30.3 Å². The van der Waals surface area contributed by atoms with E-state index in [-0.39, 0.29) is 0 Å². The molecule has 0 atom stereocenters. The zero-order valence-corrected chi connectivity index (χ0v) is 16.6. The maximum absolute atomic E-state index is 5.61. The van der Waals surface area contributed by atoms with Crippen LogP contribution in [0.2, 0.25) is 0 Å². The number of thioether (sulfide) groups is 1. The van der Waals surface area contributed by atoms with Crippen LogP contribution in [-0.2, 0) is 6.54 Å². The summed E-state index contributed by atoms with van der Waals surface area (Å²) in [5.74, 6) is 1.06. The van der Waals surface area contributed by atoms with Gasteiger partial charge in [-0.3, -0.25) is 0 Å². The highest BCUT2D eigenvalue weighted by atomic mass is 32.2. The average Bonchev–Trinajstić information content (AvgIpc) is 2.57. The molecule has 0 aromatic heterocycles. The van der Waals surface area contributed by atoms with Crippen molar-refractivity contribution in [1.29, 1.82) is 0 Å². The molecule has 0 radical (unpaired) electrons. The lowest BCUT2D eigenvalue weighted by molar-refractivity contribution is 0.405. The topological polar surface area (TPSA) is 3.24 Å². The predicted octanol–water partition coefficient (Wildman–Crippen LogP) is 6.67. The SMILES string of the molecule is CCCCCCCCCCN(Cc1ccccc1)C(=S)SCC. The molecule has 0 aliphatic heterocycles. The Morgan fingerprint density at radius 3 is 2.13 bits per heavy atom. The van der Waals surface area contributed by atoms with Crippen molar-refractivity contribution in [3.63, 3.8) is 0 Å². The monoisotopic (exact) mass is 351 g/mol. The molecule has 1 aromatic rings. The Kier molecular flexibility index (Phi) is 12.4. The van der Waals surface area contributed by atoms with Crippen molar-refractivity contribution < 1.29 is 0 Å². The Morgan fingerprint density at radius 1 is 0.913 bits per heavy atom. The Labute approximate surface area is 153 Å². The van der Waals surface area contributed by atoms with E-state index in [0.717, 1.165) is 23.2 Å². The zero-order valence-electron chi connectivity index (χ0n) is 14.9. The van der Waals surface area contributed by atoms with Gasteiger partial charge in [-0.15, -0.1) is 0 Å². The van der Waals surface area contributed by atoms with E-state index in [1.807, 2.05) is 0 Å². The van der Waals surface area contributed by atoms with Crippen LogP contribution in [0.5, 0.6) is 0 Å². The molecule has 0 saturated carbocycles. The second kappa shape index (κ2) is 13.9. The van der Waals surface area contributed by atoms with Crippen LogP contribution >= 0.6 is 24.0 Å². The fraction of sp³-hybridized carbons (Fsp3) is 0.650. The van der Waals surface area contributed by atoms with E-state index in [0.29, 0.717) is 0 Å². The van der Waals surface area contributed by atoms with Gasteiger partial charge in [0.15, 0.2) is 0 Å². The highest BCUT2D eigenvalue weighted by molar-refractivity contribution is 8.22. The van der Waals surface area contributed by atoms with E-state index in [1.165, 1.54) is 56.9 Å². The van der Waals surface area contributed by atoms with E-state index in [1.54, 1.807) is 11.8 Å². The lowest BCUT2D eigenvalue weighted by atomic mass is 10.1. The molecule has 0 spiro atoms. The largest absolute Gasteiger partial charge is 0.353 e. The Morgan fingerprint density at radius 2 is 1.52 bits per heavy atom. The van der Waals surface area contributed by atoms with Crippen LogP contribution in [0.3, 0.4) is 0 Å². The summed E-state index contributed by atoms with van der Waals surface area (Å²) in [4.78, 5) is 2.38. The van der Waals surface area contributed by atoms with Gasteiger partial charge in [-0.25, -0.2) is 0 Å². The highest BCUT2D eigenvalue weighted by Crippen LogP contribution is 2.15. The molecule has 0 fully saturated rings. The van der Waals surface area contributed by atoms with Crippen LogP contribution in [-0.4, -0.2) is 21.5 Å². The Hall–Kier alpha value is -0.540. The van der Waals surface area contributed by atoms with Gasteiger partial charge in [0.2, 0.25) is 0 Å². The molecule has 0 N–H and O–H groups in total. The van der Waals surface area contributed by atoms with Gasteiger partial charge in [0.1, 0.15) is 4.32 Å². The van der Waals surface area contributed by atoms with Crippen LogP contribution in [0.25, 0.3) is 0 Å². The summed E-state index contributed by atoms with van der Waals surface area (Å²) in [5.41, 5.74) is 1.35. The van der Waals surface area contributed by atoms with Crippen molar-refractivity contribution in [2.24, 2.45) is 0 Å². The van der Waals surface area contributed by atoms with Crippen LogP contribution in [0, 0.1) is 0 Å². The lowest BCUT2D eigenvalue weighted by Gasteiger charge is -2.24. The normalized spacial score (nSPS) is 10.7. The number of unbranched alkanes of at least 4 members (excludes halogenated alkanes) is 7. The highest BCUT2D eigenvalue weighted by Gasteiger charge is 2.10. The van der Waals surface area contributed by atoms with Gasteiger partial charge < -0.3 is 4.90 Å². The van der Waals surface area contributed by atoms with Crippen LogP contribution < -0.4 is 0 Å². The molecule has 0 bridgehead atoms. The van der Waals surface area contributed by atoms with Gasteiger partial charge >= 0.3 is 0 Å². The van der Waals surface area contributed by atoms with E-state index in [2.05, 4.69) is 49.1 Å². The van der Waals surface area contributed by atoms with E-state index >= 15 is 0 Å². The Balaban J connectivity index is 2.28. The number of nitrogens with zero attached hydrogens (tertiary/aromatic N) is 1. The number of benzene rings is 1. The number of hydrogen-bond donors (Lipinski definition) is 0. The summed E-state index contributed by atoms with van der Waals surface area (Å²) < 4.78 is 1.05. The van der Waals surface area contributed by atoms with Crippen molar-refractivity contribution in [2.45, 2.75) is 71.8 Å². The fourth-order valence-corrected chi connectivity index (χ4v) is 3.78. The lowest BCUT2D eigenvalue weighted by Crippen LogP contribution is -2.28. The van der Waals surface area contributed by atoms with Gasteiger partial charge in [0.25, 0.3) is 0 Å². The summed E-state index contributed by atoms with van der Waals surface area (Å²) >= 11 is 7.40. The third kappa shape index (κ3) is 10.0. The molecule has 1 nitrogen and oxygen atoms in total. The molecule has 0 aliphatic rings. The van der Waals surface area contributed by atoms with Gasteiger partial charge in [-0.2, -0.15) is 0 Å². The summed E-state index contributed by atoms with van der Waals surface area (Å²) in [7, 11) is 0. The first kappa shape index (κ1) is 20.5. The second-order valence-electron chi connectivity index (χ2n) is 6.08. The average molecular weight is 352 g/mol. The molecule has 1 rings (SSSR count). The fourth-order valence-electron chi connectivity index (χ4n) is 2.69. The summed E-state index contributed by atoms with van der Waals surface area (Å²) in [5, 5.41) is 0. The number of thiocarbonyl (C=S) groups is 1. The van der Waals surface area contributed by atoms with E-state index < -0.39 is 0 Å². The van der Waals surface area contributed by atoms with Crippen molar-refractivity contribution in [1.82, 2.24) is 4.90 Å².